The zero-order valence-electron chi connectivity index (χ0n) is 15.9. The topological polar surface area (TPSA) is 56.5 Å². The first-order valence-electron chi connectivity index (χ1n) is 8.99. The largest absolute Gasteiger partial charge is 0.264 e. The number of pyridine rings is 1. The number of hydrogen-bond donors (Lipinski definition) is 0. The number of benzene rings is 1. The van der Waals surface area contributed by atoms with Crippen molar-refractivity contribution >= 4 is 11.3 Å². The number of rotatable bonds is 3. The van der Waals surface area contributed by atoms with Crippen LogP contribution in [0.15, 0.2) is 55.0 Å². The molecule has 3 aromatic heterocycles. The lowest BCUT2D eigenvalue weighted by molar-refractivity contribution is 0.559. The molecule has 0 bridgehead atoms. The summed E-state index contributed by atoms with van der Waals surface area (Å²) < 4.78 is 1.96. The van der Waals surface area contributed by atoms with Crippen LogP contribution in [0.2, 0.25) is 0 Å². The second-order valence-electron chi connectivity index (χ2n) is 6.57. The fourth-order valence-electron chi connectivity index (χ4n) is 3.23. The van der Waals surface area contributed by atoms with E-state index in [2.05, 4.69) is 71.1 Å². The Bertz CT molecular complexity index is 1140. The molecular weight excluding hydrogens is 366 g/mol. The van der Waals surface area contributed by atoms with Crippen LogP contribution in [0.25, 0.3) is 10.7 Å². The van der Waals surface area contributed by atoms with E-state index in [0.717, 1.165) is 16.3 Å². The molecule has 6 heteroatoms. The molecule has 4 rings (SSSR count). The summed E-state index contributed by atoms with van der Waals surface area (Å²) in [6, 6.07) is 12.2. The molecule has 0 fully saturated rings. The van der Waals surface area contributed by atoms with Crippen LogP contribution in [0, 0.1) is 25.7 Å². The fraction of sp³-hybridized carbons (Fsp3) is 0.182. The van der Waals surface area contributed by atoms with Crippen molar-refractivity contribution in [3.63, 3.8) is 0 Å². The molecule has 0 aliphatic rings. The van der Waals surface area contributed by atoms with Gasteiger partial charge < -0.3 is 0 Å². The van der Waals surface area contributed by atoms with Gasteiger partial charge >= 0.3 is 0 Å². The third-order valence-corrected chi connectivity index (χ3v) is 5.44. The van der Waals surface area contributed by atoms with Gasteiger partial charge in [0.2, 0.25) is 0 Å². The van der Waals surface area contributed by atoms with Crippen LogP contribution >= 0.6 is 11.3 Å². The van der Waals surface area contributed by atoms with Gasteiger partial charge in [-0.05, 0) is 55.5 Å². The van der Waals surface area contributed by atoms with E-state index in [9.17, 15) is 0 Å². The van der Waals surface area contributed by atoms with Gasteiger partial charge in [0.1, 0.15) is 5.69 Å². The van der Waals surface area contributed by atoms with Crippen LogP contribution in [-0.2, 0) is 0 Å². The van der Waals surface area contributed by atoms with E-state index in [0.29, 0.717) is 5.01 Å². The van der Waals surface area contributed by atoms with Gasteiger partial charge in [0.25, 0.3) is 0 Å². The molecule has 1 aromatic carbocycles. The predicted molar refractivity (Wildman–Crippen MR) is 111 cm³/mol. The summed E-state index contributed by atoms with van der Waals surface area (Å²) >= 11 is 1.43. The summed E-state index contributed by atoms with van der Waals surface area (Å²) in [5.74, 6) is 6.22. The van der Waals surface area contributed by atoms with Gasteiger partial charge in [-0.15, -0.1) is 10.2 Å². The van der Waals surface area contributed by atoms with Gasteiger partial charge in [-0.1, -0.05) is 41.5 Å². The molecular formula is C22H19N5S. The molecule has 0 aliphatic carbocycles. The van der Waals surface area contributed by atoms with Gasteiger partial charge in [-0.2, -0.15) is 5.10 Å². The number of nitrogens with zero attached hydrogens (tertiary/aromatic N) is 5. The maximum absolute atomic E-state index is 4.51. The zero-order chi connectivity index (χ0) is 19.5. The number of aromatic nitrogens is 5. The minimum absolute atomic E-state index is 0.147. The van der Waals surface area contributed by atoms with Crippen molar-refractivity contribution in [1.82, 2.24) is 25.0 Å². The second kappa shape index (κ2) is 7.75. The molecule has 138 valence electrons. The summed E-state index contributed by atoms with van der Waals surface area (Å²) in [6.07, 6.45) is 5.51. The summed E-state index contributed by atoms with van der Waals surface area (Å²) in [5.41, 5.74) is 5.50. The standard InChI is InChI=1S/C22H19N5S/c1-15-7-6-8-16(2)21(15)17(3)27-14-18(13-24-27)10-11-20-25-26-22(28-20)19-9-4-5-12-23-19/h4-9,12-14,17H,1-3H3. The summed E-state index contributed by atoms with van der Waals surface area (Å²) in [7, 11) is 0. The van der Waals surface area contributed by atoms with Crippen molar-refractivity contribution in [3.8, 4) is 22.5 Å². The van der Waals surface area contributed by atoms with Crippen LogP contribution in [0.1, 0.15) is 40.2 Å². The Morgan fingerprint density at radius 2 is 1.82 bits per heavy atom. The molecule has 28 heavy (non-hydrogen) atoms. The molecule has 0 aliphatic heterocycles. The van der Waals surface area contributed by atoms with E-state index in [1.54, 1.807) is 12.4 Å². The average molecular weight is 385 g/mol. The van der Waals surface area contributed by atoms with Crippen molar-refractivity contribution < 1.29 is 0 Å². The number of hydrogen-bond acceptors (Lipinski definition) is 5. The first-order valence-corrected chi connectivity index (χ1v) is 9.80. The highest BCUT2D eigenvalue weighted by Crippen LogP contribution is 2.25. The first-order chi connectivity index (χ1) is 13.6. The lowest BCUT2D eigenvalue weighted by atomic mass is 9.97. The van der Waals surface area contributed by atoms with Crippen LogP contribution in [-0.4, -0.2) is 25.0 Å². The lowest BCUT2D eigenvalue weighted by Gasteiger charge is -2.17. The van der Waals surface area contributed by atoms with Crippen molar-refractivity contribution in [2.24, 2.45) is 0 Å². The fourth-order valence-corrected chi connectivity index (χ4v) is 3.90. The third-order valence-electron chi connectivity index (χ3n) is 4.58. The Hall–Kier alpha value is -3.30. The minimum atomic E-state index is 0.147. The molecule has 3 heterocycles. The maximum Gasteiger partial charge on any atom is 0.191 e. The van der Waals surface area contributed by atoms with E-state index in [1.165, 1.54) is 28.0 Å². The average Bonchev–Trinajstić information content (AvgIpc) is 3.36. The Morgan fingerprint density at radius 1 is 1.00 bits per heavy atom. The lowest BCUT2D eigenvalue weighted by Crippen LogP contribution is -2.10. The minimum Gasteiger partial charge on any atom is -0.264 e. The third kappa shape index (κ3) is 3.71. The summed E-state index contributed by atoms with van der Waals surface area (Å²) in [4.78, 5) is 4.29. The molecule has 0 amide bonds. The van der Waals surface area contributed by atoms with Crippen LogP contribution in [0.3, 0.4) is 0 Å². The van der Waals surface area contributed by atoms with Crippen molar-refractivity contribution in [2.45, 2.75) is 26.8 Å². The van der Waals surface area contributed by atoms with Crippen LogP contribution < -0.4 is 0 Å². The molecule has 4 aromatic rings. The van der Waals surface area contributed by atoms with Crippen LogP contribution in [0.4, 0.5) is 0 Å². The predicted octanol–water partition coefficient (Wildman–Crippen LogP) is 4.42. The molecule has 5 nitrogen and oxygen atoms in total. The molecule has 0 radical (unpaired) electrons. The van der Waals surface area contributed by atoms with E-state index < -0.39 is 0 Å². The highest BCUT2D eigenvalue weighted by atomic mass is 32.1. The Labute approximate surface area is 168 Å². The van der Waals surface area contributed by atoms with E-state index in [1.807, 2.05) is 29.1 Å². The molecule has 1 atom stereocenters. The summed E-state index contributed by atoms with van der Waals surface area (Å²) in [6.45, 7) is 6.43. The molecule has 0 saturated heterocycles. The first kappa shape index (κ1) is 18.1. The van der Waals surface area contributed by atoms with Crippen molar-refractivity contribution in [2.75, 3.05) is 0 Å². The van der Waals surface area contributed by atoms with Gasteiger partial charge in [0.15, 0.2) is 10.0 Å². The van der Waals surface area contributed by atoms with Crippen molar-refractivity contribution in [1.29, 1.82) is 0 Å². The Kier molecular flexibility index (Phi) is 5.00. The van der Waals surface area contributed by atoms with E-state index in [-0.39, 0.29) is 6.04 Å². The second-order valence-corrected chi connectivity index (χ2v) is 7.55. The Balaban J connectivity index is 1.54. The number of aryl methyl sites for hydroxylation is 2. The normalized spacial score (nSPS) is 11.7. The Morgan fingerprint density at radius 3 is 2.57 bits per heavy atom. The zero-order valence-corrected chi connectivity index (χ0v) is 16.7. The smallest absolute Gasteiger partial charge is 0.191 e. The molecule has 0 spiro atoms. The van der Waals surface area contributed by atoms with E-state index in [4.69, 9.17) is 0 Å². The SMILES string of the molecule is Cc1cccc(C)c1C(C)n1cc(C#Cc2nnc(-c3ccccn3)s2)cn1. The van der Waals surface area contributed by atoms with Gasteiger partial charge in [-0.25, -0.2) is 0 Å². The quantitative estimate of drug-likeness (QED) is 0.490. The molecule has 0 N–H and O–H groups in total. The summed E-state index contributed by atoms with van der Waals surface area (Å²) in [5, 5.41) is 14.3. The van der Waals surface area contributed by atoms with E-state index >= 15 is 0 Å². The highest BCUT2D eigenvalue weighted by molar-refractivity contribution is 7.15. The monoisotopic (exact) mass is 385 g/mol. The van der Waals surface area contributed by atoms with Gasteiger partial charge in [0.05, 0.1) is 17.8 Å². The highest BCUT2D eigenvalue weighted by Gasteiger charge is 2.14. The van der Waals surface area contributed by atoms with Crippen molar-refractivity contribution in [3.05, 3.63) is 82.3 Å². The maximum atomic E-state index is 4.51. The molecule has 0 saturated carbocycles. The molecule has 1 unspecified atom stereocenters. The van der Waals surface area contributed by atoms with Gasteiger partial charge in [-0.3, -0.25) is 9.67 Å². The van der Waals surface area contributed by atoms with Gasteiger partial charge in [0, 0.05) is 12.4 Å². The van der Waals surface area contributed by atoms with Crippen LogP contribution in [0.5, 0.6) is 0 Å².